The van der Waals surface area contributed by atoms with Gasteiger partial charge in [0.25, 0.3) is 5.69 Å². The second-order valence-electron chi connectivity index (χ2n) is 10.0. The minimum Gasteiger partial charge on any atom is -0.444 e. The number of nitrogens with zero attached hydrogens (tertiary/aromatic N) is 1. The lowest BCUT2D eigenvalue weighted by Crippen LogP contribution is -2.33. The van der Waals surface area contributed by atoms with Crippen LogP contribution in [0.4, 0.5) is 21.0 Å². The highest BCUT2D eigenvalue weighted by molar-refractivity contribution is 5.68. The number of carbonyl (C=O) groups excluding carboxylic acids is 2. The Kier molecular flexibility index (Phi) is 11.7. The first-order valence-corrected chi connectivity index (χ1v) is 11.7. The van der Waals surface area contributed by atoms with Crippen molar-refractivity contribution >= 4 is 23.6 Å². The first-order chi connectivity index (χ1) is 16.6. The molecule has 0 saturated heterocycles. The highest BCUT2D eigenvalue weighted by atomic mass is 16.6. The van der Waals surface area contributed by atoms with Crippen molar-refractivity contribution in [1.82, 2.24) is 10.6 Å². The highest BCUT2D eigenvalue weighted by Gasteiger charge is 2.16. The summed E-state index contributed by atoms with van der Waals surface area (Å²) in [5, 5.41) is 15.8. The zero-order chi connectivity index (χ0) is 27.4. The number of non-ortho nitro benzene ring substituents is 1. The molecule has 10 nitrogen and oxygen atoms in total. The zero-order valence-corrected chi connectivity index (χ0v) is 21.9. The Balaban J connectivity index is 0.000000362. The molecule has 0 bridgehead atoms. The number of nitrogens with two attached hydrogens (primary N) is 1. The lowest BCUT2D eigenvalue weighted by atomic mass is 10.1. The molecule has 2 aromatic rings. The number of nitrogen functional groups attached to an aromatic ring is 1. The first kappa shape index (κ1) is 30.2. The van der Waals surface area contributed by atoms with E-state index < -0.39 is 22.2 Å². The molecule has 2 aromatic carbocycles. The molecule has 10 heteroatoms. The van der Waals surface area contributed by atoms with Gasteiger partial charge in [0.05, 0.1) is 4.92 Å². The molecule has 0 spiro atoms. The molecule has 0 aliphatic carbocycles. The minimum absolute atomic E-state index is 0.0591. The maximum Gasteiger partial charge on any atom is 0.407 e. The number of rotatable bonds is 7. The third-order valence-electron chi connectivity index (χ3n) is 4.29. The molecule has 198 valence electrons. The van der Waals surface area contributed by atoms with Crippen LogP contribution in [0.2, 0.25) is 0 Å². The number of hydrogen-bond donors (Lipinski definition) is 3. The van der Waals surface area contributed by atoms with Gasteiger partial charge in [0.1, 0.15) is 11.2 Å². The highest BCUT2D eigenvalue weighted by Crippen LogP contribution is 2.12. The van der Waals surface area contributed by atoms with E-state index in [1.54, 1.807) is 32.9 Å². The molecule has 0 unspecified atom stereocenters. The van der Waals surface area contributed by atoms with Crippen LogP contribution in [-0.4, -0.2) is 41.4 Å². The molecular formula is C26H38N4O6. The van der Waals surface area contributed by atoms with E-state index in [0.29, 0.717) is 19.5 Å². The summed E-state index contributed by atoms with van der Waals surface area (Å²) in [7, 11) is 0. The van der Waals surface area contributed by atoms with Gasteiger partial charge in [0.15, 0.2) is 0 Å². The van der Waals surface area contributed by atoms with Crippen LogP contribution >= 0.6 is 0 Å². The molecule has 36 heavy (non-hydrogen) atoms. The molecule has 2 amide bonds. The molecule has 0 fully saturated rings. The Morgan fingerprint density at radius 2 is 1.14 bits per heavy atom. The van der Waals surface area contributed by atoms with E-state index in [1.807, 2.05) is 45.0 Å². The van der Waals surface area contributed by atoms with E-state index in [1.165, 1.54) is 12.1 Å². The summed E-state index contributed by atoms with van der Waals surface area (Å²) in [6.45, 7) is 11.9. The van der Waals surface area contributed by atoms with Gasteiger partial charge in [-0.05, 0) is 77.6 Å². The van der Waals surface area contributed by atoms with Crippen LogP contribution in [0.5, 0.6) is 0 Å². The summed E-state index contributed by atoms with van der Waals surface area (Å²) in [5.41, 5.74) is 7.47. The van der Waals surface area contributed by atoms with Crippen molar-refractivity contribution in [2.24, 2.45) is 0 Å². The van der Waals surface area contributed by atoms with Crippen LogP contribution in [0.3, 0.4) is 0 Å². The summed E-state index contributed by atoms with van der Waals surface area (Å²) in [6, 6.07) is 13.8. The van der Waals surface area contributed by atoms with Gasteiger partial charge in [-0.1, -0.05) is 24.3 Å². The quantitative estimate of drug-likeness (QED) is 0.274. The SMILES string of the molecule is CC(C)(C)OC(=O)NCCc1ccc(N)cc1.CC(C)(C)OC(=O)NCCc1ccc([N+](=O)[O-])cc1. The van der Waals surface area contributed by atoms with Crippen LogP contribution in [0.25, 0.3) is 0 Å². The first-order valence-electron chi connectivity index (χ1n) is 11.7. The van der Waals surface area contributed by atoms with E-state index >= 15 is 0 Å². The van der Waals surface area contributed by atoms with Crippen LogP contribution in [-0.2, 0) is 22.3 Å². The van der Waals surface area contributed by atoms with Gasteiger partial charge >= 0.3 is 12.2 Å². The van der Waals surface area contributed by atoms with Crippen molar-refractivity contribution in [2.45, 2.75) is 65.6 Å². The van der Waals surface area contributed by atoms with Gasteiger partial charge in [0, 0.05) is 30.9 Å². The Hall–Kier alpha value is -3.82. The summed E-state index contributed by atoms with van der Waals surface area (Å²) in [5.74, 6) is 0. The standard InChI is InChI=1S/C13H18N2O4.C13H20N2O2/c1-13(2,3)19-12(16)14-9-8-10-4-6-11(7-5-10)15(17)18;1-13(2,3)17-12(16)15-9-8-10-4-6-11(14)7-5-10/h4-7H,8-9H2,1-3H3,(H,14,16);4-7H,8-9,14H2,1-3H3,(H,15,16). The van der Waals surface area contributed by atoms with Gasteiger partial charge in [-0.3, -0.25) is 10.1 Å². The van der Waals surface area contributed by atoms with Gasteiger partial charge < -0.3 is 25.8 Å². The predicted molar refractivity (Wildman–Crippen MR) is 140 cm³/mol. The lowest BCUT2D eigenvalue weighted by molar-refractivity contribution is -0.384. The van der Waals surface area contributed by atoms with Gasteiger partial charge in [-0.2, -0.15) is 0 Å². The average molecular weight is 503 g/mol. The maximum absolute atomic E-state index is 11.4. The number of carbonyl (C=O) groups is 2. The number of ether oxygens (including phenoxy) is 2. The Morgan fingerprint density at radius 3 is 1.47 bits per heavy atom. The third-order valence-corrected chi connectivity index (χ3v) is 4.29. The fraction of sp³-hybridized carbons (Fsp3) is 0.462. The largest absolute Gasteiger partial charge is 0.444 e. The van der Waals surface area contributed by atoms with Crippen molar-refractivity contribution in [1.29, 1.82) is 0 Å². The van der Waals surface area contributed by atoms with Gasteiger partial charge in [-0.25, -0.2) is 9.59 Å². The fourth-order valence-corrected chi connectivity index (χ4v) is 2.71. The van der Waals surface area contributed by atoms with E-state index in [-0.39, 0.29) is 11.8 Å². The summed E-state index contributed by atoms with van der Waals surface area (Å²) in [6.07, 6.45) is 0.513. The molecule has 0 aromatic heterocycles. The molecule has 0 atom stereocenters. The molecule has 4 N–H and O–H groups in total. The Morgan fingerprint density at radius 1 is 0.778 bits per heavy atom. The number of hydrogen-bond acceptors (Lipinski definition) is 7. The normalized spacial score (nSPS) is 10.9. The Bertz CT molecular complexity index is 977. The topological polar surface area (TPSA) is 146 Å². The van der Waals surface area contributed by atoms with Crippen LogP contribution in [0.1, 0.15) is 52.7 Å². The van der Waals surface area contributed by atoms with Gasteiger partial charge in [-0.15, -0.1) is 0 Å². The van der Waals surface area contributed by atoms with Crippen LogP contribution < -0.4 is 16.4 Å². The van der Waals surface area contributed by atoms with Crippen molar-refractivity contribution < 1.29 is 24.0 Å². The zero-order valence-electron chi connectivity index (χ0n) is 21.9. The molecule has 0 aliphatic rings. The fourth-order valence-electron chi connectivity index (χ4n) is 2.71. The number of alkyl carbamates (subject to hydrolysis) is 2. The smallest absolute Gasteiger partial charge is 0.407 e. The summed E-state index contributed by atoms with van der Waals surface area (Å²) >= 11 is 0. The maximum atomic E-state index is 11.4. The monoisotopic (exact) mass is 502 g/mol. The molecular weight excluding hydrogens is 464 g/mol. The number of nitro groups is 1. The molecule has 0 aliphatic heterocycles. The van der Waals surface area contributed by atoms with Crippen molar-refractivity contribution in [3.05, 3.63) is 69.8 Å². The second kappa shape index (κ2) is 13.9. The number of benzene rings is 2. The number of amides is 2. The van der Waals surface area contributed by atoms with E-state index in [2.05, 4.69) is 10.6 Å². The minimum atomic E-state index is -0.516. The average Bonchev–Trinajstić information content (AvgIpc) is 2.73. The van der Waals surface area contributed by atoms with Crippen LogP contribution in [0.15, 0.2) is 48.5 Å². The lowest BCUT2D eigenvalue weighted by Gasteiger charge is -2.19. The van der Waals surface area contributed by atoms with E-state index in [9.17, 15) is 19.7 Å². The summed E-state index contributed by atoms with van der Waals surface area (Å²) in [4.78, 5) is 32.8. The van der Waals surface area contributed by atoms with Crippen molar-refractivity contribution in [3.8, 4) is 0 Å². The van der Waals surface area contributed by atoms with E-state index in [4.69, 9.17) is 15.2 Å². The molecule has 2 rings (SSSR count). The number of anilines is 1. The predicted octanol–water partition coefficient (Wildman–Crippen LogP) is 5.00. The second-order valence-corrected chi connectivity index (χ2v) is 10.0. The van der Waals surface area contributed by atoms with Crippen molar-refractivity contribution in [2.75, 3.05) is 18.8 Å². The number of nitrogens with one attached hydrogen (secondary N) is 2. The van der Waals surface area contributed by atoms with Crippen LogP contribution in [0, 0.1) is 10.1 Å². The van der Waals surface area contributed by atoms with E-state index in [0.717, 1.165) is 23.2 Å². The van der Waals surface area contributed by atoms with Gasteiger partial charge in [0.2, 0.25) is 0 Å². The molecule has 0 saturated carbocycles. The number of nitro benzene ring substituents is 1. The van der Waals surface area contributed by atoms with Crippen molar-refractivity contribution in [3.63, 3.8) is 0 Å². The molecule has 0 heterocycles. The summed E-state index contributed by atoms with van der Waals surface area (Å²) < 4.78 is 10.2. The third kappa shape index (κ3) is 14.4. The Labute approximate surface area is 212 Å². The molecule has 0 radical (unpaired) electrons.